The van der Waals surface area contributed by atoms with Crippen LogP contribution >= 0.6 is 15.9 Å². The van der Waals surface area contributed by atoms with Crippen LogP contribution in [0.5, 0.6) is 17.4 Å². The van der Waals surface area contributed by atoms with Crippen molar-refractivity contribution in [1.29, 1.82) is 0 Å². The minimum absolute atomic E-state index is 0.00691. The first-order valence-electron chi connectivity index (χ1n) is 10.4. The smallest absolute Gasteiger partial charge is 0.295 e. The number of hydrogen-bond acceptors (Lipinski definition) is 6. The summed E-state index contributed by atoms with van der Waals surface area (Å²) in [5.74, 6) is 0.396. The Morgan fingerprint density at radius 1 is 1.06 bits per heavy atom. The van der Waals surface area contributed by atoms with Crippen molar-refractivity contribution in [2.45, 2.75) is 25.9 Å². The predicted molar refractivity (Wildman–Crippen MR) is 125 cm³/mol. The monoisotopic (exact) mass is 500 g/mol. The highest BCUT2D eigenvalue weighted by Crippen LogP contribution is 2.40. The molecule has 1 fully saturated rings. The molecular formula is C23H25BrN4O4. The number of piperidine rings is 1. The summed E-state index contributed by atoms with van der Waals surface area (Å²) in [5, 5.41) is 19.7. The van der Waals surface area contributed by atoms with Crippen molar-refractivity contribution < 1.29 is 19.4 Å². The minimum atomic E-state index is -0.544. The number of carbonyl (C=O) groups excluding carboxylic acids is 1. The van der Waals surface area contributed by atoms with Gasteiger partial charge in [-0.1, -0.05) is 22.4 Å². The van der Waals surface area contributed by atoms with Crippen molar-refractivity contribution in [2.75, 3.05) is 27.3 Å². The number of benzene rings is 2. The average Bonchev–Trinajstić information content (AvgIpc) is 3.07. The largest absolute Gasteiger partial charge is 0.493 e. The van der Waals surface area contributed by atoms with Gasteiger partial charge < -0.3 is 14.6 Å². The van der Waals surface area contributed by atoms with E-state index in [0.29, 0.717) is 23.7 Å². The molecule has 0 radical (unpaired) electrons. The van der Waals surface area contributed by atoms with E-state index in [1.54, 1.807) is 18.2 Å². The Kier molecular flexibility index (Phi) is 6.76. The van der Waals surface area contributed by atoms with Crippen LogP contribution in [0.2, 0.25) is 0 Å². The fourth-order valence-electron chi connectivity index (χ4n) is 3.96. The summed E-state index contributed by atoms with van der Waals surface area (Å²) >= 11 is 3.48. The molecule has 9 heteroatoms. The zero-order valence-corrected chi connectivity index (χ0v) is 19.6. The van der Waals surface area contributed by atoms with E-state index in [0.717, 1.165) is 41.3 Å². The maximum Gasteiger partial charge on any atom is 0.295 e. The molecule has 1 aromatic heterocycles. The summed E-state index contributed by atoms with van der Waals surface area (Å²) in [4.78, 5) is 15.0. The molecule has 0 aliphatic carbocycles. The topological polar surface area (TPSA) is 88.7 Å². The molecule has 4 rings (SSSR count). The summed E-state index contributed by atoms with van der Waals surface area (Å²) in [6, 6.07) is 10.5. The summed E-state index contributed by atoms with van der Waals surface area (Å²) in [6.07, 6.45) is 3.54. The Balaban J connectivity index is 1.67. The first-order chi connectivity index (χ1) is 15.5. The lowest BCUT2D eigenvalue weighted by molar-refractivity contribution is 0.0994. The first kappa shape index (κ1) is 22.3. The van der Waals surface area contributed by atoms with E-state index >= 15 is 0 Å². The van der Waals surface area contributed by atoms with Gasteiger partial charge in [0.25, 0.3) is 5.91 Å². The Hall–Kier alpha value is -2.91. The molecule has 1 aliphatic heterocycles. The summed E-state index contributed by atoms with van der Waals surface area (Å²) in [6.45, 7) is 2.54. The second kappa shape index (κ2) is 9.70. The van der Waals surface area contributed by atoms with E-state index in [1.165, 1.54) is 20.6 Å². The lowest BCUT2D eigenvalue weighted by Gasteiger charge is -2.27. The molecule has 0 saturated carbocycles. The third kappa shape index (κ3) is 4.49. The molecule has 2 heterocycles. The van der Waals surface area contributed by atoms with Gasteiger partial charge in [0.2, 0.25) is 5.88 Å². The third-order valence-electron chi connectivity index (χ3n) is 5.63. The van der Waals surface area contributed by atoms with E-state index in [2.05, 4.69) is 31.1 Å². The molecule has 1 saturated heterocycles. The van der Waals surface area contributed by atoms with Crippen LogP contribution < -0.4 is 9.47 Å². The number of amides is 1. The fourth-order valence-corrected chi connectivity index (χ4v) is 4.32. The van der Waals surface area contributed by atoms with Gasteiger partial charge in [0.1, 0.15) is 0 Å². The number of aromatic hydroxyl groups is 1. The van der Waals surface area contributed by atoms with Crippen molar-refractivity contribution in [3.05, 3.63) is 46.4 Å². The maximum absolute atomic E-state index is 12.7. The Morgan fingerprint density at radius 3 is 2.53 bits per heavy atom. The number of likely N-dealkylation sites (tertiary alicyclic amines) is 1. The number of fused-ring (bicyclic) bond motifs is 1. The van der Waals surface area contributed by atoms with Gasteiger partial charge in [0.05, 0.1) is 26.4 Å². The van der Waals surface area contributed by atoms with E-state index in [4.69, 9.17) is 9.47 Å². The van der Waals surface area contributed by atoms with Crippen molar-refractivity contribution in [2.24, 2.45) is 10.2 Å². The molecule has 1 aliphatic rings. The quantitative estimate of drug-likeness (QED) is 0.451. The van der Waals surface area contributed by atoms with Gasteiger partial charge in [0, 0.05) is 15.4 Å². The second-order valence-corrected chi connectivity index (χ2v) is 8.57. The van der Waals surface area contributed by atoms with Crippen LogP contribution in [0.15, 0.2) is 51.1 Å². The second-order valence-electron chi connectivity index (χ2n) is 7.66. The molecule has 0 unspecified atom stereocenters. The molecule has 0 atom stereocenters. The third-order valence-corrected chi connectivity index (χ3v) is 6.13. The zero-order chi connectivity index (χ0) is 22.7. The standard InChI is InChI=1S/C23H25BrN4O4/c1-31-19-9-6-15(12-20(19)32-2)22(29)26-25-21-17-13-16(24)7-8-18(17)28(23(21)30)14-27-10-4-3-5-11-27/h6-9,12-13,30H,3-5,10-11,14H2,1-2H3. The van der Waals surface area contributed by atoms with Gasteiger partial charge in [-0.05, 0) is 62.3 Å². The molecule has 0 spiro atoms. The number of nitrogens with zero attached hydrogens (tertiary/aromatic N) is 4. The number of methoxy groups -OCH3 is 2. The fraction of sp³-hybridized carbons (Fsp3) is 0.348. The number of aromatic nitrogens is 1. The number of ether oxygens (including phenoxy) is 2. The van der Waals surface area contributed by atoms with E-state index in [-0.39, 0.29) is 11.6 Å². The molecule has 8 nitrogen and oxygen atoms in total. The van der Waals surface area contributed by atoms with Gasteiger partial charge >= 0.3 is 0 Å². The van der Waals surface area contributed by atoms with Gasteiger partial charge in [-0.3, -0.25) is 14.3 Å². The minimum Gasteiger partial charge on any atom is -0.493 e. The highest BCUT2D eigenvalue weighted by molar-refractivity contribution is 9.10. The Labute approximate surface area is 194 Å². The van der Waals surface area contributed by atoms with Crippen LogP contribution in [0.3, 0.4) is 0 Å². The van der Waals surface area contributed by atoms with Crippen LogP contribution in [-0.2, 0) is 6.67 Å². The van der Waals surface area contributed by atoms with Gasteiger partial charge in [-0.15, -0.1) is 10.2 Å². The van der Waals surface area contributed by atoms with E-state index < -0.39 is 5.91 Å². The van der Waals surface area contributed by atoms with E-state index in [9.17, 15) is 9.90 Å². The van der Waals surface area contributed by atoms with Crippen LogP contribution in [0.1, 0.15) is 29.6 Å². The summed E-state index contributed by atoms with van der Waals surface area (Å²) in [5.41, 5.74) is 1.42. The normalized spacial score (nSPS) is 14.8. The van der Waals surface area contributed by atoms with E-state index in [1.807, 2.05) is 22.8 Å². The number of hydrogen-bond donors (Lipinski definition) is 1. The lowest BCUT2D eigenvalue weighted by Crippen LogP contribution is -2.31. The number of azo groups is 1. The van der Waals surface area contributed by atoms with Crippen molar-refractivity contribution in [1.82, 2.24) is 9.47 Å². The molecule has 168 valence electrons. The highest BCUT2D eigenvalue weighted by atomic mass is 79.9. The molecule has 3 aromatic rings. The number of halogens is 1. The molecule has 1 amide bonds. The number of carbonyl (C=O) groups is 1. The van der Waals surface area contributed by atoms with Crippen LogP contribution in [0, 0.1) is 0 Å². The molecular weight excluding hydrogens is 476 g/mol. The van der Waals surface area contributed by atoms with Crippen molar-refractivity contribution >= 4 is 38.4 Å². The Bertz CT molecular complexity index is 1170. The first-order valence-corrected chi connectivity index (χ1v) is 11.2. The predicted octanol–water partition coefficient (Wildman–Crippen LogP) is 5.49. The zero-order valence-electron chi connectivity index (χ0n) is 18.0. The van der Waals surface area contributed by atoms with Gasteiger partial charge in [-0.2, -0.15) is 0 Å². The highest BCUT2D eigenvalue weighted by Gasteiger charge is 2.20. The lowest BCUT2D eigenvalue weighted by atomic mass is 10.1. The van der Waals surface area contributed by atoms with Crippen LogP contribution in [0.25, 0.3) is 10.9 Å². The SMILES string of the molecule is COc1ccc(C(=O)N=Nc2c(O)n(CN3CCCCC3)c3ccc(Br)cc23)cc1OC. The summed E-state index contributed by atoms with van der Waals surface area (Å²) in [7, 11) is 3.03. The molecule has 0 bridgehead atoms. The van der Waals surface area contributed by atoms with Crippen molar-refractivity contribution in [3.63, 3.8) is 0 Å². The number of rotatable bonds is 6. The molecule has 1 N–H and O–H groups in total. The van der Waals surface area contributed by atoms with Gasteiger partial charge in [0.15, 0.2) is 17.2 Å². The molecule has 2 aromatic carbocycles. The molecule has 32 heavy (non-hydrogen) atoms. The average molecular weight is 501 g/mol. The van der Waals surface area contributed by atoms with Crippen LogP contribution in [0.4, 0.5) is 5.69 Å². The summed E-state index contributed by atoms with van der Waals surface area (Å²) < 4.78 is 13.1. The van der Waals surface area contributed by atoms with Gasteiger partial charge in [-0.25, -0.2) is 0 Å². The van der Waals surface area contributed by atoms with Crippen molar-refractivity contribution in [3.8, 4) is 17.4 Å². The van der Waals surface area contributed by atoms with Crippen LogP contribution in [-0.4, -0.2) is 47.8 Å². The Morgan fingerprint density at radius 2 is 1.81 bits per heavy atom. The maximum atomic E-state index is 12.7.